The highest BCUT2D eigenvalue weighted by Crippen LogP contribution is 2.45. The minimum Gasteiger partial charge on any atom is -0.507 e. The van der Waals surface area contributed by atoms with E-state index >= 15 is 0 Å². The van der Waals surface area contributed by atoms with Crippen molar-refractivity contribution in [2.75, 3.05) is 0 Å². The SMILES string of the molecule is [2H]C([2H])([2H])c1ccc(-c2ccnc(-c3cc(-c4cccc5c4nc(-c4cc(C(C([2H])([2H])[2H])(C([2H])([2H])[2H])C([2H])([2H])[2H])cc(C(C([2H])([2H])[2H])(C([2H])([2H])[2H])C([2H])([2H])[2H])c4O)n5-c4ccc(-c5ccc(C(C)(C)C)cc5)cc4C([2H])([2H])[2H])cc(C(C)(C)C)c3)c2)cc1. The molecule has 0 atom stereocenters. The van der Waals surface area contributed by atoms with Gasteiger partial charge in [0.05, 0.1) is 28.0 Å². The van der Waals surface area contributed by atoms with Crippen molar-refractivity contribution in [3.05, 3.63) is 167 Å². The number of imidazole rings is 1. The summed E-state index contributed by atoms with van der Waals surface area (Å²) >= 11 is 0. The first-order valence-corrected chi connectivity index (χ1v) is 20.8. The molecule has 326 valence electrons. The molecule has 64 heavy (non-hydrogen) atoms. The maximum absolute atomic E-state index is 13.0. The zero-order chi connectivity index (χ0) is 66.1. The zero-order valence-electron chi connectivity index (χ0n) is 60.5. The molecule has 0 saturated carbocycles. The standard InChI is InChI=1S/C60H65N3O/c1-37-18-20-39(21-19-37)42-28-29-61-51(34-42)44-31-43(32-46(33-44)58(6,7)8)48-16-15-17-53-54(48)62-56(49-35-47(59(9,10)11)36-50(55(49)64)60(12,13)14)63(53)52-27-24-41(30-38(52)2)40-22-25-45(26-23-40)57(3,4)5/h15-36,64H,1-14H3/i1D3,2D3,9D3,10D3,11D3,12D3,13D3,14D3. The molecule has 0 spiro atoms. The third kappa shape index (κ3) is 8.68. The first kappa shape index (κ1) is 23.6. The Morgan fingerprint density at radius 1 is 0.516 bits per heavy atom. The Bertz CT molecular complexity index is 3860. The van der Waals surface area contributed by atoms with Crippen LogP contribution in [0.2, 0.25) is 0 Å². The first-order chi connectivity index (χ1) is 39.9. The first-order valence-electron chi connectivity index (χ1n) is 32.8. The molecule has 4 nitrogen and oxygen atoms in total. The van der Waals surface area contributed by atoms with Crippen molar-refractivity contribution < 1.29 is 38.0 Å². The van der Waals surface area contributed by atoms with Crippen molar-refractivity contribution in [1.29, 1.82) is 0 Å². The molecule has 1 N–H and O–H groups in total. The number of phenolic OH excluding ortho intramolecular Hbond substituents is 1. The number of hydrogen-bond acceptors (Lipinski definition) is 3. The van der Waals surface area contributed by atoms with Gasteiger partial charge in [-0.2, -0.15) is 0 Å². The van der Waals surface area contributed by atoms with Crippen LogP contribution in [-0.4, -0.2) is 19.6 Å². The number of hydrogen-bond donors (Lipinski definition) is 1. The molecule has 2 heterocycles. The van der Waals surface area contributed by atoms with Crippen molar-refractivity contribution in [2.24, 2.45) is 0 Å². The van der Waals surface area contributed by atoms with E-state index in [0.29, 0.717) is 45.1 Å². The monoisotopic (exact) mass is 868 g/mol. The molecule has 4 heteroatoms. The summed E-state index contributed by atoms with van der Waals surface area (Å²) in [7, 11) is 0. The largest absolute Gasteiger partial charge is 0.507 e. The lowest BCUT2D eigenvalue weighted by Gasteiger charge is -2.27. The Labute approximate surface area is 415 Å². The Kier molecular flexibility index (Phi) is 5.93. The lowest BCUT2D eigenvalue weighted by molar-refractivity contribution is 0.446. The van der Waals surface area contributed by atoms with E-state index in [4.69, 9.17) is 42.9 Å². The highest BCUT2D eigenvalue weighted by molar-refractivity contribution is 5.97. The molecule has 0 bridgehead atoms. The van der Waals surface area contributed by atoms with Gasteiger partial charge in [-0.15, -0.1) is 0 Å². The minimum absolute atomic E-state index is 0.0115. The van der Waals surface area contributed by atoms with Crippen LogP contribution in [0.25, 0.3) is 72.7 Å². The van der Waals surface area contributed by atoms with Gasteiger partial charge in [-0.3, -0.25) is 9.55 Å². The van der Waals surface area contributed by atoms with E-state index in [2.05, 4.69) is 0 Å². The van der Waals surface area contributed by atoms with Gasteiger partial charge in [0, 0.05) is 55.8 Å². The molecule has 0 radical (unpaired) electrons. The predicted octanol–water partition coefficient (Wildman–Crippen LogP) is 16.3. The number of phenols is 1. The molecular weight excluding hydrogens is 779 g/mol. The van der Waals surface area contributed by atoms with Crippen molar-refractivity contribution in [1.82, 2.24) is 14.5 Å². The molecule has 0 amide bonds. The van der Waals surface area contributed by atoms with Crippen LogP contribution in [0.5, 0.6) is 5.75 Å². The number of aryl methyl sites for hydroxylation is 2. The highest BCUT2D eigenvalue weighted by atomic mass is 16.3. The molecule has 8 aromatic rings. The number of aromatic hydroxyl groups is 1. The molecule has 0 saturated heterocycles. The number of nitrogens with zero attached hydrogens (tertiary/aromatic N) is 3. The van der Waals surface area contributed by atoms with Gasteiger partial charge >= 0.3 is 0 Å². The average molecular weight is 868 g/mol. The van der Waals surface area contributed by atoms with Crippen LogP contribution in [0, 0.1) is 13.7 Å². The fourth-order valence-corrected chi connectivity index (χ4v) is 7.93. The Morgan fingerprint density at radius 2 is 1.16 bits per heavy atom. The number of fused-ring (bicyclic) bond motifs is 1. The zero-order valence-corrected chi connectivity index (χ0v) is 36.5. The third-order valence-corrected chi connectivity index (χ3v) is 11.6. The van der Waals surface area contributed by atoms with Crippen molar-refractivity contribution in [3.63, 3.8) is 0 Å². The summed E-state index contributed by atoms with van der Waals surface area (Å²) in [6.45, 7) is -18.5. The Hall–Kier alpha value is -6.26. The third-order valence-electron chi connectivity index (χ3n) is 11.6. The maximum Gasteiger partial charge on any atom is 0.149 e. The van der Waals surface area contributed by atoms with E-state index in [0.717, 1.165) is 11.1 Å². The molecule has 0 aliphatic carbocycles. The average Bonchev–Trinajstić information content (AvgIpc) is 0.866. The van der Waals surface area contributed by atoms with Gasteiger partial charge in [0.1, 0.15) is 11.6 Å². The lowest BCUT2D eigenvalue weighted by Crippen LogP contribution is -2.17. The summed E-state index contributed by atoms with van der Waals surface area (Å²) in [5.74, 6) is -2.18. The van der Waals surface area contributed by atoms with E-state index in [1.165, 1.54) is 34.9 Å². The fraction of sp³-hybridized carbons (Fsp3) is 0.300. The van der Waals surface area contributed by atoms with Crippen LogP contribution in [0.4, 0.5) is 0 Å². The number of rotatable bonds is 6. The molecule has 6 aromatic carbocycles. The van der Waals surface area contributed by atoms with Gasteiger partial charge in [0.25, 0.3) is 0 Å². The van der Waals surface area contributed by atoms with E-state index in [-0.39, 0.29) is 44.9 Å². The van der Waals surface area contributed by atoms with Crippen LogP contribution < -0.4 is 0 Å². The van der Waals surface area contributed by atoms with E-state index < -0.39 is 99.3 Å². The summed E-state index contributed by atoms with van der Waals surface area (Å²) in [5, 5.41) is 13.0. The summed E-state index contributed by atoms with van der Waals surface area (Å²) < 4.78 is 210. The Morgan fingerprint density at radius 3 is 1.81 bits per heavy atom. The fourth-order valence-electron chi connectivity index (χ4n) is 7.93. The molecule has 0 aliphatic heterocycles. The normalized spacial score (nSPS) is 19.7. The minimum atomic E-state index is -4.25. The topological polar surface area (TPSA) is 50.9 Å². The summed E-state index contributed by atoms with van der Waals surface area (Å²) in [6.07, 6.45) is 1.59. The van der Waals surface area contributed by atoms with Crippen molar-refractivity contribution in [2.45, 2.75) is 118 Å². The molecule has 0 aliphatic rings. The maximum atomic E-state index is 13.0. The van der Waals surface area contributed by atoms with Crippen LogP contribution in [0.15, 0.2) is 134 Å². The smallest absolute Gasteiger partial charge is 0.149 e. The van der Waals surface area contributed by atoms with E-state index in [9.17, 15) is 5.11 Å². The summed E-state index contributed by atoms with van der Waals surface area (Å²) in [6, 6.07) is 32.8. The van der Waals surface area contributed by atoms with Gasteiger partial charge in [-0.1, -0.05) is 167 Å². The van der Waals surface area contributed by atoms with E-state index in [1.807, 2.05) is 71.9 Å². The second-order valence-electron chi connectivity index (χ2n) is 18.5. The highest BCUT2D eigenvalue weighted by Gasteiger charge is 2.29. The van der Waals surface area contributed by atoms with Gasteiger partial charge in [-0.25, -0.2) is 4.98 Å². The molecular formula is C60H65N3O. The lowest BCUT2D eigenvalue weighted by atomic mass is 9.79. The second-order valence-corrected chi connectivity index (χ2v) is 18.5. The summed E-state index contributed by atoms with van der Waals surface area (Å²) in [4.78, 5) is 9.77. The predicted molar refractivity (Wildman–Crippen MR) is 272 cm³/mol. The Balaban J connectivity index is 1.58. The van der Waals surface area contributed by atoms with Crippen LogP contribution in [0.1, 0.15) is 149 Å². The van der Waals surface area contributed by atoms with Gasteiger partial charge in [-0.05, 0) is 134 Å². The molecule has 0 fully saturated rings. The number of aromatic nitrogens is 3. The summed E-state index contributed by atoms with van der Waals surface area (Å²) in [5.41, 5.74) is -7.76. The molecule has 0 unspecified atom stereocenters. The van der Waals surface area contributed by atoms with Gasteiger partial charge < -0.3 is 5.11 Å². The number of pyridine rings is 1. The molecule has 2 aromatic heterocycles. The molecule has 8 rings (SSSR count). The van der Waals surface area contributed by atoms with E-state index in [1.54, 1.807) is 60.8 Å². The number of benzene rings is 6. The van der Waals surface area contributed by atoms with Crippen molar-refractivity contribution in [3.8, 4) is 67.5 Å². The van der Waals surface area contributed by atoms with Gasteiger partial charge in [0.15, 0.2) is 0 Å². The van der Waals surface area contributed by atoms with Gasteiger partial charge in [0.2, 0.25) is 0 Å². The van der Waals surface area contributed by atoms with Crippen molar-refractivity contribution >= 4 is 11.0 Å². The quantitative estimate of drug-likeness (QED) is 0.181. The van der Waals surface area contributed by atoms with Crippen LogP contribution in [0.3, 0.4) is 0 Å². The number of para-hydroxylation sites is 1. The van der Waals surface area contributed by atoms with Crippen LogP contribution in [-0.2, 0) is 21.7 Å². The van der Waals surface area contributed by atoms with Crippen LogP contribution >= 0.6 is 0 Å². The second kappa shape index (κ2) is 16.1.